The lowest BCUT2D eigenvalue weighted by Crippen LogP contribution is -2.50. The van der Waals surface area contributed by atoms with E-state index in [1.807, 2.05) is 44.4 Å². The molecule has 0 unspecified atom stereocenters. The molecule has 2 heterocycles. The van der Waals surface area contributed by atoms with Crippen molar-refractivity contribution in [1.29, 1.82) is 0 Å². The molecule has 0 aromatic carbocycles. The Morgan fingerprint density at radius 3 is 2.15 bits per heavy atom. The fourth-order valence-electron chi connectivity index (χ4n) is 3.14. The number of rotatable bonds is 1. The Labute approximate surface area is 121 Å². The van der Waals surface area contributed by atoms with Crippen molar-refractivity contribution in [1.82, 2.24) is 9.80 Å². The average molecular weight is 282 g/mol. The van der Waals surface area contributed by atoms with Gasteiger partial charge in [0.25, 0.3) is 0 Å². The summed E-state index contributed by atoms with van der Waals surface area (Å²) in [5.41, 5.74) is -0.211. The SMILES string of the molecule is C[C@H]1CN(C(=O)[C@@H]2CC(=O)N(C(C)(C)C)C2)C[C@H](C)O1. The highest BCUT2D eigenvalue weighted by molar-refractivity contribution is 5.89. The van der Waals surface area contributed by atoms with Gasteiger partial charge in [-0.25, -0.2) is 0 Å². The molecule has 20 heavy (non-hydrogen) atoms. The normalized spacial score (nSPS) is 31.9. The van der Waals surface area contributed by atoms with Crippen LogP contribution < -0.4 is 0 Å². The quantitative estimate of drug-likeness (QED) is 0.728. The largest absolute Gasteiger partial charge is 0.372 e. The van der Waals surface area contributed by atoms with Crippen LogP contribution in [0.4, 0.5) is 0 Å². The third-order valence-corrected chi connectivity index (χ3v) is 4.02. The zero-order chi connectivity index (χ0) is 15.1. The molecule has 2 fully saturated rings. The minimum atomic E-state index is -0.211. The van der Waals surface area contributed by atoms with Crippen LogP contribution in [0, 0.1) is 5.92 Å². The van der Waals surface area contributed by atoms with Gasteiger partial charge in [0.2, 0.25) is 11.8 Å². The van der Waals surface area contributed by atoms with E-state index in [4.69, 9.17) is 4.74 Å². The highest BCUT2D eigenvalue weighted by Gasteiger charge is 2.41. The van der Waals surface area contributed by atoms with Crippen LogP contribution in [0.3, 0.4) is 0 Å². The molecule has 2 saturated heterocycles. The molecule has 2 rings (SSSR count). The van der Waals surface area contributed by atoms with Crippen LogP contribution in [0.1, 0.15) is 41.0 Å². The minimum absolute atomic E-state index is 0.0681. The van der Waals surface area contributed by atoms with E-state index in [0.717, 1.165) is 0 Å². The van der Waals surface area contributed by atoms with Gasteiger partial charge in [-0.3, -0.25) is 9.59 Å². The molecule has 0 saturated carbocycles. The molecule has 0 radical (unpaired) electrons. The summed E-state index contributed by atoms with van der Waals surface area (Å²) in [5, 5.41) is 0. The number of ether oxygens (including phenoxy) is 1. The van der Waals surface area contributed by atoms with Crippen LogP contribution in [-0.4, -0.2) is 59.0 Å². The number of amides is 2. The van der Waals surface area contributed by atoms with Crippen molar-refractivity contribution in [3.05, 3.63) is 0 Å². The van der Waals surface area contributed by atoms with E-state index in [2.05, 4.69) is 0 Å². The molecular weight excluding hydrogens is 256 g/mol. The van der Waals surface area contributed by atoms with Crippen molar-refractivity contribution in [2.75, 3.05) is 19.6 Å². The minimum Gasteiger partial charge on any atom is -0.372 e. The first-order valence-corrected chi connectivity index (χ1v) is 7.43. The molecule has 3 atom stereocenters. The van der Waals surface area contributed by atoms with Gasteiger partial charge in [-0.05, 0) is 34.6 Å². The van der Waals surface area contributed by atoms with Crippen molar-refractivity contribution >= 4 is 11.8 Å². The molecule has 2 aliphatic heterocycles. The van der Waals surface area contributed by atoms with E-state index in [9.17, 15) is 9.59 Å². The molecule has 0 aromatic heterocycles. The van der Waals surface area contributed by atoms with Crippen LogP contribution in [0.25, 0.3) is 0 Å². The highest BCUT2D eigenvalue weighted by atomic mass is 16.5. The fourth-order valence-corrected chi connectivity index (χ4v) is 3.14. The predicted octanol–water partition coefficient (Wildman–Crippen LogP) is 1.27. The van der Waals surface area contributed by atoms with Crippen LogP contribution >= 0.6 is 0 Å². The summed E-state index contributed by atoms with van der Waals surface area (Å²) in [6.07, 6.45) is 0.480. The Balaban J connectivity index is 2.02. The topological polar surface area (TPSA) is 49.9 Å². The van der Waals surface area contributed by atoms with Gasteiger partial charge in [-0.2, -0.15) is 0 Å². The molecule has 5 nitrogen and oxygen atoms in total. The second kappa shape index (κ2) is 5.35. The van der Waals surface area contributed by atoms with Gasteiger partial charge in [-0.15, -0.1) is 0 Å². The summed E-state index contributed by atoms with van der Waals surface area (Å²) in [4.78, 5) is 28.4. The fraction of sp³-hybridized carbons (Fsp3) is 0.867. The molecule has 0 bridgehead atoms. The second-order valence-corrected chi connectivity index (χ2v) is 7.08. The second-order valence-electron chi connectivity index (χ2n) is 7.08. The summed E-state index contributed by atoms with van der Waals surface area (Å²) >= 11 is 0. The summed E-state index contributed by atoms with van der Waals surface area (Å²) in [6, 6.07) is 0. The first kappa shape index (κ1) is 15.3. The van der Waals surface area contributed by atoms with Gasteiger partial charge >= 0.3 is 0 Å². The Kier molecular flexibility index (Phi) is 4.09. The molecule has 0 spiro atoms. The third kappa shape index (κ3) is 3.14. The Bertz CT molecular complexity index is 392. The summed E-state index contributed by atoms with van der Waals surface area (Å²) in [6.45, 7) is 11.8. The Hall–Kier alpha value is -1.10. The maximum atomic E-state index is 12.6. The van der Waals surface area contributed by atoms with Crippen molar-refractivity contribution < 1.29 is 14.3 Å². The zero-order valence-electron chi connectivity index (χ0n) is 13.2. The number of carbonyl (C=O) groups is 2. The van der Waals surface area contributed by atoms with Crippen LogP contribution in [0.15, 0.2) is 0 Å². The summed E-state index contributed by atoms with van der Waals surface area (Å²) in [5.74, 6) is -0.00321. The van der Waals surface area contributed by atoms with Crippen LogP contribution in [0.5, 0.6) is 0 Å². The lowest BCUT2D eigenvalue weighted by atomic mass is 10.0. The number of hydrogen-bond donors (Lipinski definition) is 0. The van der Waals surface area contributed by atoms with E-state index in [1.54, 1.807) is 0 Å². The smallest absolute Gasteiger partial charge is 0.228 e. The number of carbonyl (C=O) groups excluding carboxylic acids is 2. The Morgan fingerprint density at radius 1 is 1.15 bits per heavy atom. The number of hydrogen-bond acceptors (Lipinski definition) is 3. The lowest BCUT2D eigenvalue weighted by molar-refractivity contribution is -0.147. The molecular formula is C15H26N2O3. The third-order valence-electron chi connectivity index (χ3n) is 4.02. The van der Waals surface area contributed by atoms with Gasteiger partial charge in [0.15, 0.2) is 0 Å². The monoisotopic (exact) mass is 282 g/mol. The predicted molar refractivity (Wildman–Crippen MR) is 76.2 cm³/mol. The van der Waals surface area contributed by atoms with E-state index >= 15 is 0 Å². The van der Waals surface area contributed by atoms with E-state index < -0.39 is 0 Å². The molecule has 0 aliphatic carbocycles. The zero-order valence-corrected chi connectivity index (χ0v) is 13.2. The summed E-state index contributed by atoms with van der Waals surface area (Å²) < 4.78 is 5.65. The van der Waals surface area contributed by atoms with Crippen molar-refractivity contribution in [2.24, 2.45) is 5.92 Å². The average Bonchev–Trinajstić information content (AvgIpc) is 2.68. The maximum absolute atomic E-state index is 12.6. The van der Waals surface area contributed by atoms with Gasteiger partial charge < -0.3 is 14.5 Å². The van der Waals surface area contributed by atoms with Crippen LogP contribution in [0.2, 0.25) is 0 Å². The summed E-state index contributed by atoms with van der Waals surface area (Å²) in [7, 11) is 0. The van der Waals surface area contributed by atoms with E-state index in [-0.39, 0.29) is 35.5 Å². The standard InChI is InChI=1S/C15H26N2O3/c1-10-7-16(8-11(2)20-10)14(19)12-6-13(18)17(9-12)15(3,4)5/h10-12H,6-9H2,1-5H3/t10-,11-,12+/m0/s1. The molecule has 2 amide bonds. The van der Waals surface area contributed by atoms with Gasteiger partial charge in [0.1, 0.15) is 0 Å². The van der Waals surface area contributed by atoms with E-state index in [0.29, 0.717) is 26.1 Å². The number of likely N-dealkylation sites (tertiary alicyclic amines) is 1. The molecule has 114 valence electrons. The molecule has 0 aromatic rings. The van der Waals surface area contributed by atoms with Crippen molar-refractivity contribution in [3.63, 3.8) is 0 Å². The number of morpholine rings is 1. The van der Waals surface area contributed by atoms with Gasteiger partial charge in [-0.1, -0.05) is 0 Å². The molecule has 5 heteroatoms. The Morgan fingerprint density at radius 2 is 1.70 bits per heavy atom. The van der Waals surface area contributed by atoms with Crippen LogP contribution in [-0.2, 0) is 14.3 Å². The lowest BCUT2D eigenvalue weighted by Gasteiger charge is -2.37. The van der Waals surface area contributed by atoms with Gasteiger partial charge in [0, 0.05) is 31.6 Å². The van der Waals surface area contributed by atoms with Crippen molar-refractivity contribution in [3.8, 4) is 0 Å². The first-order chi connectivity index (χ1) is 9.18. The molecule has 0 N–H and O–H groups in total. The highest BCUT2D eigenvalue weighted by Crippen LogP contribution is 2.27. The number of nitrogens with zero attached hydrogens (tertiary/aromatic N) is 2. The molecule has 2 aliphatic rings. The van der Waals surface area contributed by atoms with E-state index in [1.165, 1.54) is 0 Å². The first-order valence-electron chi connectivity index (χ1n) is 7.43. The maximum Gasteiger partial charge on any atom is 0.228 e. The van der Waals surface area contributed by atoms with Gasteiger partial charge in [0.05, 0.1) is 18.1 Å². The van der Waals surface area contributed by atoms with Crippen molar-refractivity contribution in [2.45, 2.75) is 58.8 Å².